The number of hydrogen-bond acceptors (Lipinski definition) is 5. The number of carbonyl (C=O) groups is 1. The van der Waals surface area contributed by atoms with Crippen LogP contribution in [0.15, 0.2) is 18.2 Å². The van der Waals surface area contributed by atoms with Crippen LogP contribution in [0.1, 0.15) is 17.3 Å². The summed E-state index contributed by atoms with van der Waals surface area (Å²) in [6.45, 7) is 3.24. The molecule has 1 aromatic carbocycles. The van der Waals surface area contributed by atoms with Gasteiger partial charge in [0.1, 0.15) is 0 Å². The molecule has 0 aliphatic carbocycles. The molecule has 20 heavy (non-hydrogen) atoms. The number of para-hydroxylation sites is 1. The van der Waals surface area contributed by atoms with E-state index in [2.05, 4.69) is 10.6 Å². The molecule has 1 unspecified atom stereocenters. The maximum atomic E-state index is 12.1. The number of nitrogens with zero attached hydrogens (tertiary/aromatic N) is 1. The standard InChI is InChI=1S/C13H19N3O4/c1-9(7-14-2)8-15-13(17)10-5-4-6-11(16(18)19)12(10)20-3/h4-6,9,14H,7-8H2,1-3H3,(H,15,17). The molecular weight excluding hydrogens is 262 g/mol. The topological polar surface area (TPSA) is 93.5 Å². The van der Waals surface area contributed by atoms with Gasteiger partial charge in [-0.25, -0.2) is 0 Å². The lowest BCUT2D eigenvalue weighted by molar-refractivity contribution is -0.385. The fourth-order valence-electron chi connectivity index (χ4n) is 1.84. The van der Waals surface area contributed by atoms with Gasteiger partial charge in [0.15, 0.2) is 0 Å². The zero-order chi connectivity index (χ0) is 15.1. The molecular formula is C13H19N3O4. The van der Waals surface area contributed by atoms with Gasteiger partial charge in [-0.3, -0.25) is 14.9 Å². The first-order valence-electron chi connectivity index (χ1n) is 6.25. The molecule has 110 valence electrons. The Kier molecular flexibility index (Phi) is 5.92. The van der Waals surface area contributed by atoms with Crippen molar-refractivity contribution in [2.24, 2.45) is 5.92 Å². The fraction of sp³-hybridized carbons (Fsp3) is 0.462. The zero-order valence-electron chi connectivity index (χ0n) is 11.8. The zero-order valence-corrected chi connectivity index (χ0v) is 11.8. The lowest BCUT2D eigenvalue weighted by Crippen LogP contribution is -2.32. The van der Waals surface area contributed by atoms with Crippen LogP contribution in [0.3, 0.4) is 0 Å². The summed E-state index contributed by atoms with van der Waals surface area (Å²) in [5.41, 5.74) is -0.0539. The quantitative estimate of drug-likeness (QED) is 0.578. The van der Waals surface area contributed by atoms with E-state index in [0.29, 0.717) is 6.54 Å². The lowest BCUT2D eigenvalue weighted by Gasteiger charge is -2.13. The number of nitro benzene ring substituents is 1. The first kappa shape index (κ1) is 15.9. The number of nitro groups is 1. The summed E-state index contributed by atoms with van der Waals surface area (Å²) >= 11 is 0. The van der Waals surface area contributed by atoms with Crippen LogP contribution in [0.5, 0.6) is 5.75 Å². The maximum absolute atomic E-state index is 12.1. The minimum Gasteiger partial charge on any atom is -0.490 e. The summed E-state index contributed by atoms with van der Waals surface area (Å²) < 4.78 is 5.00. The normalized spacial score (nSPS) is 11.8. The highest BCUT2D eigenvalue weighted by Gasteiger charge is 2.22. The van der Waals surface area contributed by atoms with Crippen molar-refractivity contribution in [1.82, 2.24) is 10.6 Å². The molecule has 1 rings (SSSR count). The third-order valence-corrected chi connectivity index (χ3v) is 2.80. The van der Waals surface area contributed by atoms with Gasteiger partial charge in [0.05, 0.1) is 17.6 Å². The van der Waals surface area contributed by atoms with Gasteiger partial charge in [-0.2, -0.15) is 0 Å². The Labute approximate surface area is 117 Å². The molecule has 0 aromatic heterocycles. The van der Waals surface area contributed by atoms with Gasteiger partial charge < -0.3 is 15.4 Å². The van der Waals surface area contributed by atoms with Crippen molar-refractivity contribution >= 4 is 11.6 Å². The molecule has 0 spiro atoms. The summed E-state index contributed by atoms with van der Waals surface area (Å²) in [5.74, 6) is -0.140. The molecule has 0 heterocycles. The first-order valence-corrected chi connectivity index (χ1v) is 6.25. The molecule has 0 aliphatic heterocycles. The van der Waals surface area contributed by atoms with Crippen molar-refractivity contribution < 1.29 is 14.5 Å². The molecule has 1 amide bonds. The van der Waals surface area contributed by atoms with E-state index in [0.717, 1.165) is 6.54 Å². The molecule has 7 nitrogen and oxygen atoms in total. The number of amides is 1. The van der Waals surface area contributed by atoms with Gasteiger partial charge in [-0.1, -0.05) is 13.0 Å². The summed E-state index contributed by atoms with van der Waals surface area (Å²) in [7, 11) is 3.14. The van der Waals surface area contributed by atoms with Crippen LogP contribution >= 0.6 is 0 Å². The molecule has 1 atom stereocenters. The lowest BCUT2D eigenvalue weighted by atomic mass is 10.1. The molecule has 1 aromatic rings. The monoisotopic (exact) mass is 281 g/mol. The third kappa shape index (κ3) is 3.92. The van der Waals surface area contributed by atoms with E-state index in [1.165, 1.54) is 25.3 Å². The van der Waals surface area contributed by atoms with Crippen molar-refractivity contribution in [2.45, 2.75) is 6.92 Å². The highest BCUT2D eigenvalue weighted by molar-refractivity contribution is 5.98. The minimum absolute atomic E-state index is 0.0173. The van der Waals surface area contributed by atoms with E-state index < -0.39 is 4.92 Å². The molecule has 7 heteroatoms. The van der Waals surface area contributed by atoms with Gasteiger partial charge in [0, 0.05) is 12.6 Å². The summed E-state index contributed by atoms with van der Waals surface area (Å²) in [6.07, 6.45) is 0. The second kappa shape index (κ2) is 7.44. The predicted octanol–water partition coefficient (Wildman–Crippen LogP) is 1.19. The highest BCUT2D eigenvalue weighted by Crippen LogP contribution is 2.30. The van der Waals surface area contributed by atoms with Gasteiger partial charge in [0.2, 0.25) is 5.75 Å². The first-order chi connectivity index (χ1) is 9.51. The largest absolute Gasteiger partial charge is 0.490 e. The molecule has 0 saturated carbocycles. The molecule has 0 saturated heterocycles. The Balaban J connectivity index is 2.87. The SMILES string of the molecule is CNCC(C)CNC(=O)c1cccc([N+](=O)[O-])c1OC. The predicted molar refractivity (Wildman–Crippen MR) is 75.1 cm³/mol. The second-order valence-corrected chi connectivity index (χ2v) is 4.49. The number of carbonyl (C=O) groups excluding carboxylic acids is 1. The fourth-order valence-corrected chi connectivity index (χ4v) is 1.84. The van der Waals surface area contributed by atoms with Crippen molar-refractivity contribution in [3.05, 3.63) is 33.9 Å². The summed E-state index contributed by atoms with van der Waals surface area (Å²) in [4.78, 5) is 22.4. The number of hydrogen-bond donors (Lipinski definition) is 2. The minimum atomic E-state index is -0.570. The van der Waals surface area contributed by atoms with E-state index in [9.17, 15) is 14.9 Å². The molecule has 2 N–H and O–H groups in total. The van der Waals surface area contributed by atoms with E-state index in [4.69, 9.17) is 4.74 Å². The van der Waals surface area contributed by atoms with Crippen molar-refractivity contribution in [2.75, 3.05) is 27.2 Å². The Hall–Kier alpha value is -2.15. The van der Waals surface area contributed by atoms with Crippen molar-refractivity contribution in [3.63, 3.8) is 0 Å². The van der Waals surface area contributed by atoms with E-state index in [1.807, 2.05) is 14.0 Å². The Morgan fingerprint density at radius 3 is 2.70 bits per heavy atom. The van der Waals surface area contributed by atoms with Crippen LogP contribution in [0.2, 0.25) is 0 Å². The van der Waals surface area contributed by atoms with Gasteiger partial charge in [-0.05, 0) is 25.6 Å². The molecule has 0 radical (unpaired) electrons. The Morgan fingerprint density at radius 2 is 2.15 bits per heavy atom. The molecule has 0 bridgehead atoms. The van der Waals surface area contributed by atoms with Crippen LogP contribution in [0, 0.1) is 16.0 Å². The smallest absolute Gasteiger partial charge is 0.311 e. The van der Waals surface area contributed by atoms with Crippen molar-refractivity contribution in [3.8, 4) is 5.75 Å². The van der Waals surface area contributed by atoms with Crippen LogP contribution in [-0.4, -0.2) is 38.1 Å². The molecule has 0 aliphatic rings. The van der Waals surface area contributed by atoms with Crippen LogP contribution in [0.4, 0.5) is 5.69 Å². The number of ether oxygens (including phenoxy) is 1. The number of rotatable bonds is 7. The van der Waals surface area contributed by atoms with Crippen LogP contribution < -0.4 is 15.4 Å². The van der Waals surface area contributed by atoms with E-state index in [-0.39, 0.29) is 28.8 Å². The number of nitrogens with one attached hydrogen (secondary N) is 2. The van der Waals surface area contributed by atoms with E-state index in [1.54, 1.807) is 0 Å². The van der Waals surface area contributed by atoms with Gasteiger partial charge >= 0.3 is 5.69 Å². The average Bonchev–Trinajstić information content (AvgIpc) is 2.44. The highest BCUT2D eigenvalue weighted by atomic mass is 16.6. The van der Waals surface area contributed by atoms with Crippen molar-refractivity contribution in [1.29, 1.82) is 0 Å². The second-order valence-electron chi connectivity index (χ2n) is 4.49. The Morgan fingerprint density at radius 1 is 1.45 bits per heavy atom. The number of benzene rings is 1. The van der Waals surface area contributed by atoms with Crippen LogP contribution in [0.25, 0.3) is 0 Å². The van der Waals surface area contributed by atoms with Gasteiger partial charge in [-0.15, -0.1) is 0 Å². The van der Waals surface area contributed by atoms with Crippen LogP contribution in [-0.2, 0) is 0 Å². The Bertz CT molecular complexity index is 491. The summed E-state index contributed by atoms with van der Waals surface area (Å²) in [6, 6.07) is 4.27. The maximum Gasteiger partial charge on any atom is 0.311 e. The number of methoxy groups -OCH3 is 1. The average molecular weight is 281 g/mol. The summed E-state index contributed by atoms with van der Waals surface area (Å²) in [5, 5.41) is 16.6. The van der Waals surface area contributed by atoms with Gasteiger partial charge in [0.25, 0.3) is 5.91 Å². The molecule has 0 fully saturated rings. The van der Waals surface area contributed by atoms with E-state index >= 15 is 0 Å². The third-order valence-electron chi connectivity index (χ3n) is 2.80.